The molecular weight excluding hydrogens is 336 g/mol. The molecule has 0 aromatic heterocycles. The number of hydrogen-bond donors (Lipinski definition) is 0. The van der Waals surface area contributed by atoms with Crippen molar-refractivity contribution < 1.29 is 17.4 Å². The highest BCUT2D eigenvalue weighted by molar-refractivity contribution is 7.90. The molecule has 0 saturated carbocycles. The molecule has 1 unspecified atom stereocenters. The van der Waals surface area contributed by atoms with Crippen LogP contribution in [0.4, 0.5) is 0 Å². The van der Waals surface area contributed by atoms with E-state index >= 15 is 0 Å². The van der Waals surface area contributed by atoms with Gasteiger partial charge in [-0.3, -0.25) is 0 Å². The Kier molecular flexibility index (Phi) is 4.63. The molecule has 0 bridgehead atoms. The Morgan fingerprint density at radius 1 is 1.13 bits per heavy atom. The molecule has 0 aliphatic carbocycles. The number of rotatable bonds is 3. The highest BCUT2D eigenvalue weighted by Crippen LogP contribution is 2.36. The van der Waals surface area contributed by atoms with Gasteiger partial charge in [0.1, 0.15) is 16.7 Å². The minimum atomic E-state index is -3.24. The molecule has 2 aliphatic rings. The SMILES string of the molecule is CN1CCC2(CC1)OCCN2S(=O)c1ccc(S(C)(=O)=O)cc1. The Balaban J connectivity index is 1.82. The van der Waals surface area contributed by atoms with Crippen molar-refractivity contribution in [3.05, 3.63) is 24.3 Å². The van der Waals surface area contributed by atoms with Crippen LogP contribution < -0.4 is 0 Å². The molecule has 3 rings (SSSR count). The van der Waals surface area contributed by atoms with Crippen LogP contribution in [0.3, 0.4) is 0 Å². The Hall–Kier alpha value is -0.800. The zero-order valence-corrected chi connectivity index (χ0v) is 15.0. The Morgan fingerprint density at radius 2 is 1.74 bits per heavy atom. The highest BCUT2D eigenvalue weighted by Gasteiger charge is 2.47. The number of sulfone groups is 1. The Morgan fingerprint density at radius 3 is 2.30 bits per heavy atom. The van der Waals surface area contributed by atoms with E-state index in [2.05, 4.69) is 11.9 Å². The number of piperidine rings is 1. The quantitative estimate of drug-likeness (QED) is 0.802. The van der Waals surface area contributed by atoms with Gasteiger partial charge >= 0.3 is 0 Å². The minimum Gasteiger partial charge on any atom is -0.358 e. The van der Waals surface area contributed by atoms with Crippen molar-refractivity contribution in [2.75, 3.05) is 39.5 Å². The summed E-state index contributed by atoms with van der Waals surface area (Å²) in [6.45, 7) is 3.04. The van der Waals surface area contributed by atoms with Crippen molar-refractivity contribution in [3.8, 4) is 0 Å². The largest absolute Gasteiger partial charge is 0.358 e. The molecule has 2 aliphatic heterocycles. The van der Waals surface area contributed by atoms with E-state index < -0.39 is 26.5 Å². The molecule has 2 saturated heterocycles. The first-order chi connectivity index (χ1) is 10.8. The van der Waals surface area contributed by atoms with E-state index in [1.165, 1.54) is 18.4 Å². The zero-order valence-electron chi connectivity index (χ0n) is 13.4. The summed E-state index contributed by atoms with van der Waals surface area (Å²) in [5.74, 6) is 0. The summed E-state index contributed by atoms with van der Waals surface area (Å²) in [5, 5.41) is 0. The van der Waals surface area contributed by atoms with Crippen LogP contribution in [0.25, 0.3) is 0 Å². The third-order valence-electron chi connectivity index (χ3n) is 4.54. The average molecular weight is 358 g/mol. The monoisotopic (exact) mass is 358 g/mol. The predicted octanol–water partition coefficient (Wildman–Crippen LogP) is 0.867. The third kappa shape index (κ3) is 3.36. The van der Waals surface area contributed by atoms with E-state index in [0.29, 0.717) is 18.0 Å². The van der Waals surface area contributed by atoms with Crippen molar-refractivity contribution in [2.45, 2.75) is 28.4 Å². The molecule has 1 aromatic carbocycles. The van der Waals surface area contributed by atoms with Gasteiger partial charge in [-0.05, 0) is 31.3 Å². The summed E-state index contributed by atoms with van der Waals surface area (Å²) in [6.07, 6.45) is 2.83. The molecular formula is C15H22N2O4S2. The first-order valence-corrected chi connectivity index (χ1v) is 10.6. The number of benzene rings is 1. The van der Waals surface area contributed by atoms with Crippen molar-refractivity contribution in [1.29, 1.82) is 0 Å². The van der Waals surface area contributed by atoms with Gasteiger partial charge in [-0.1, -0.05) is 0 Å². The fourth-order valence-corrected chi connectivity index (χ4v) is 5.15. The van der Waals surface area contributed by atoms with Crippen LogP contribution in [0.5, 0.6) is 0 Å². The van der Waals surface area contributed by atoms with Gasteiger partial charge in [-0.25, -0.2) is 12.6 Å². The van der Waals surface area contributed by atoms with Crippen molar-refractivity contribution in [3.63, 3.8) is 0 Å². The van der Waals surface area contributed by atoms with Crippen molar-refractivity contribution >= 4 is 20.8 Å². The Bertz CT molecular complexity index is 695. The van der Waals surface area contributed by atoms with E-state index in [1.54, 1.807) is 12.1 Å². The molecule has 6 nitrogen and oxygen atoms in total. The zero-order chi connectivity index (χ0) is 16.7. The maximum absolute atomic E-state index is 13.0. The van der Waals surface area contributed by atoms with E-state index in [1.807, 2.05) is 4.31 Å². The molecule has 0 radical (unpaired) electrons. The molecule has 23 heavy (non-hydrogen) atoms. The molecule has 2 fully saturated rings. The lowest BCUT2D eigenvalue weighted by molar-refractivity contribution is -0.0859. The lowest BCUT2D eigenvalue weighted by Gasteiger charge is -2.41. The first-order valence-electron chi connectivity index (χ1n) is 7.64. The van der Waals surface area contributed by atoms with Crippen molar-refractivity contribution in [1.82, 2.24) is 9.21 Å². The van der Waals surface area contributed by atoms with Gasteiger partial charge in [0.15, 0.2) is 9.84 Å². The van der Waals surface area contributed by atoms with Crippen LogP contribution in [0.15, 0.2) is 34.1 Å². The van der Waals surface area contributed by atoms with Gasteiger partial charge in [0.25, 0.3) is 0 Å². The van der Waals surface area contributed by atoms with Crippen LogP contribution in [-0.2, 0) is 25.6 Å². The second-order valence-electron chi connectivity index (χ2n) is 6.19. The van der Waals surface area contributed by atoms with Gasteiger partial charge in [0.2, 0.25) is 0 Å². The smallest absolute Gasteiger partial charge is 0.175 e. The molecule has 1 atom stereocenters. The number of likely N-dealkylation sites (tertiary alicyclic amines) is 1. The summed E-state index contributed by atoms with van der Waals surface area (Å²) in [5.41, 5.74) is -0.452. The van der Waals surface area contributed by atoms with Gasteiger partial charge in [0, 0.05) is 38.7 Å². The van der Waals surface area contributed by atoms with E-state index in [9.17, 15) is 12.6 Å². The fourth-order valence-electron chi connectivity index (χ4n) is 3.12. The first kappa shape index (κ1) is 17.0. The van der Waals surface area contributed by atoms with Crippen LogP contribution in [-0.4, -0.2) is 67.1 Å². The van der Waals surface area contributed by atoms with Crippen LogP contribution in [0.1, 0.15) is 12.8 Å². The number of ether oxygens (including phenoxy) is 1. The van der Waals surface area contributed by atoms with E-state index in [4.69, 9.17) is 4.74 Å². The standard InChI is InChI=1S/C15H22N2O4S2/c1-16-9-7-15(8-10-16)17(11-12-21-15)22(18)13-3-5-14(6-4-13)23(2,19)20/h3-6H,7-12H2,1-2H3. The molecule has 8 heteroatoms. The molecule has 1 spiro atoms. The lowest BCUT2D eigenvalue weighted by Crippen LogP contribution is -2.52. The normalized spacial score (nSPS) is 24.1. The Labute approximate surface area is 139 Å². The molecule has 2 heterocycles. The van der Waals surface area contributed by atoms with Gasteiger partial charge in [0.05, 0.1) is 16.4 Å². The summed E-state index contributed by atoms with van der Waals surface area (Å²) in [7, 11) is -2.51. The second kappa shape index (κ2) is 6.25. The lowest BCUT2D eigenvalue weighted by atomic mass is 10.0. The highest BCUT2D eigenvalue weighted by atomic mass is 32.2. The summed E-state index contributed by atoms with van der Waals surface area (Å²) in [6, 6.07) is 6.29. The van der Waals surface area contributed by atoms with E-state index in [0.717, 1.165) is 25.9 Å². The van der Waals surface area contributed by atoms with Gasteiger partial charge < -0.3 is 9.64 Å². The maximum Gasteiger partial charge on any atom is 0.175 e. The predicted molar refractivity (Wildman–Crippen MR) is 88.1 cm³/mol. The fraction of sp³-hybridized carbons (Fsp3) is 0.600. The summed E-state index contributed by atoms with van der Waals surface area (Å²) >= 11 is 0. The van der Waals surface area contributed by atoms with Crippen LogP contribution in [0, 0.1) is 0 Å². The van der Waals surface area contributed by atoms with Gasteiger partial charge in [-0.2, -0.15) is 4.31 Å². The van der Waals surface area contributed by atoms with Crippen molar-refractivity contribution in [2.24, 2.45) is 0 Å². The van der Waals surface area contributed by atoms with Crippen LogP contribution in [0.2, 0.25) is 0 Å². The summed E-state index contributed by atoms with van der Waals surface area (Å²) < 4.78 is 43.9. The maximum atomic E-state index is 13.0. The van der Waals surface area contributed by atoms with Crippen LogP contribution >= 0.6 is 0 Å². The van der Waals surface area contributed by atoms with E-state index in [-0.39, 0.29) is 4.90 Å². The number of nitrogens with zero attached hydrogens (tertiary/aromatic N) is 2. The molecule has 1 aromatic rings. The average Bonchev–Trinajstić information content (AvgIpc) is 2.92. The van der Waals surface area contributed by atoms with Gasteiger partial charge in [-0.15, -0.1) is 0 Å². The minimum absolute atomic E-state index is 0.241. The second-order valence-corrected chi connectivity index (χ2v) is 9.62. The topological polar surface area (TPSA) is 66.9 Å². The summed E-state index contributed by atoms with van der Waals surface area (Å²) in [4.78, 5) is 3.10. The molecule has 0 N–H and O–H groups in total. The third-order valence-corrected chi connectivity index (χ3v) is 7.26. The number of hydrogen-bond acceptors (Lipinski definition) is 5. The molecule has 0 amide bonds. The molecule has 128 valence electrons.